The van der Waals surface area contributed by atoms with Gasteiger partial charge in [0.15, 0.2) is 0 Å². The van der Waals surface area contributed by atoms with E-state index in [1.54, 1.807) is 23.0 Å². The molecule has 1 atom stereocenters. The second-order valence-electron chi connectivity index (χ2n) is 4.25. The molecular weight excluding hydrogens is 198 g/mol. The van der Waals surface area contributed by atoms with E-state index in [1.807, 2.05) is 20.8 Å². The molecule has 1 unspecified atom stereocenters. The highest BCUT2D eigenvalue weighted by Crippen LogP contribution is 2.11. The Kier molecular flexibility index (Phi) is 4.04. The average Bonchev–Trinajstić information content (AvgIpc) is 2.52. The van der Waals surface area contributed by atoms with Gasteiger partial charge in [-0.3, -0.25) is 4.98 Å². The number of hydrogen-bond donors (Lipinski definition) is 1. The van der Waals surface area contributed by atoms with Crippen molar-refractivity contribution >= 4 is 11.3 Å². The van der Waals surface area contributed by atoms with Gasteiger partial charge in [-0.15, -0.1) is 11.3 Å². The van der Waals surface area contributed by atoms with Gasteiger partial charge in [-0.2, -0.15) is 0 Å². The summed E-state index contributed by atoms with van der Waals surface area (Å²) in [6, 6.07) is 0. The van der Waals surface area contributed by atoms with Crippen LogP contribution in [0.3, 0.4) is 0 Å². The Hall–Kier alpha value is -0.450. The lowest BCUT2D eigenvalue weighted by molar-refractivity contribution is -0.0480. The van der Waals surface area contributed by atoms with E-state index in [9.17, 15) is 5.11 Å². The molecule has 80 valence electrons. The van der Waals surface area contributed by atoms with E-state index in [4.69, 9.17) is 4.74 Å². The van der Waals surface area contributed by atoms with Gasteiger partial charge in [-0.05, 0) is 20.8 Å². The summed E-state index contributed by atoms with van der Waals surface area (Å²) in [7, 11) is 0. The highest BCUT2D eigenvalue weighted by Gasteiger charge is 2.14. The van der Waals surface area contributed by atoms with Crippen LogP contribution in [0.5, 0.6) is 0 Å². The summed E-state index contributed by atoms with van der Waals surface area (Å²) in [6.45, 7) is 6.31. The van der Waals surface area contributed by atoms with Crippen LogP contribution in [0, 0.1) is 0 Å². The van der Waals surface area contributed by atoms with Crippen molar-refractivity contribution in [3.8, 4) is 0 Å². The van der Waals surface area contributed by atoms with E-state index < -0.39 is 6.10 Å². The number of aliphatic hydroxyl groups is 1. The molecule has 0 aliphatic carbocycles. The Morgan fingerprint density at radius 2 is 2.29 bits per heavy atom. The van der Waals surface area contributed by atoms with Crippen LogP contribution in [0.4, 0.5) is 0 Å². The molecule has 1 aromatic heterocycles. The number of aliphatic hydroxyl groups excluding tert-OH is 1. The van der Waals surface area contributed by atoms with Gasteiger partial charge in [0.05, 0.1) is 23.8 Å². The lowest BCUT2D eigenvalue weighted by atomic mass is 10.2. The molecule has 0 saturated carbocycles. The standard InChI is InChI=1S/C10H17NO2S/c1-10(2,3)13-6-8(12)4-9-5-11-7-14-9/h5,7-8,12H,4,6H2,1-3H3. The minimum atomic E-state index is -0.435. The largest absolute Gasteiger partial charge is 0.390 e. The van der Waals surface area contributed by atoms with E-state index in [2.05, 4.69) is 4.98 Å². The second-order valence-corrected chi connectivity index (χ2v) is 5.22. The molecule has 1 N–H and O–H groups in total. The van der Waals surface area contributed by atoms with Crippen LogP contribution in [-0.2, 0) is 11.2 Å². The lowest BCUT2D eigenvalue weighted by Crippen LogP contribution is -2.27. The third-order valence-electron chi connectivity index (χ3n) is 1.63. The molecule has 0 fully saturated rings. The Balaban J connectivity index is 2.26. The average molecular weight is 215 g/mol. The Bertz CT molecular complexity index is 254. The summed E-state index contributed by atoms with van der Waals surface area (Å²) >= 11 is 1.56. The van der Waals surface area contributed by atoms with Crippen molar-refractivity contribution in [3.05, 3.63) is 16.6 Å². The number of hydrogen-bond acceptors (Lipinski definition) is 4. The molecule has 0 aliphatic rings. The number of aromatic nitrogens is 1. The van der Waals surface area contributed by atoms with Crippen molar-refractivity contribution in [2.24, 2.45) is 0 Å². The highest BCUT2D eigenvalue weighted by molar-refractivity contribution is 7.09. The van der Waals surface area contributed by atoms with E-state index in [1.165, 1.54) is 0 Å². The van der Waals surface area contributed by atoms with Gasteiger partial charge in [0.25, 0.3) is 0 Å². The monoisotopic (exact) mass is 215 g/mol. The molecule has 4 heteroatoms. The smallest absolute Gasteiger partial charge is 0.0822 e. The predicted molar refractivity (Wildman–Crippen MR) is 57.5 cm³/mol. The zero-order chi connectivity index (χ0) is 10.6. The van der Waals surface area contributed by atoms with E-state index in [-0.39, 0.29) is 5.60 Å². The van der Waals surface area contributed by atoms with Crippen LogP contribution in [0.2, 0.25) is 0 Å². The van der Waals surface area contributed by atoms with Crippen molar-refractivity contribution in [1.82, 2.24) is 4.98 Å². The van der Waals surface area contributed by atoms with Crippen LogP contribution in [0.15, 0.2) is 11.7 Å². The normalized spacial score (nSPS) is 14.3. The van der Waals surface area contributed by atoms with Crippen molar-refractivity contribution < 1.29 is 9.84 Å². The molecular formula is C10H17NO2S. The third-order valence-corrected chi connectivity index (χ3v) is 2.43. The van der Waals surface area contributed by atoms with Crippen LogP contribution >= 0.6 is 11.3 Å². The van der Waals surface area contributed by atoms with Gasteiger partial charge < -0.3 is 9.84 Å². The summed E-state index contributed by atoms with van der Waals surface area (Å²) in [5.41, 5.74) is 1.58. The molecule has 3 nitrogen and oxygen atoms in total. The molecule has 0 aliphatic heterocycles. The fourth-order valence-corrected chi connectivity index (χ4v) is 1.65. The van der Waals surface area contributed by atoms with Crippen molar-refractivity contribution in [2.45, 2.75) is 38.9 Å². The summed E-state index contributed by atoms with van der Waals surface area (Å²) in [5.74, 6) is 0. The number of nitrogens with zero attached hydrogens (tertiary/aromatic N) is 1. The fraction of sp³-hybridized carbons (Fsp3) is 0.700. The molecule has 1 aromatic rings. The molecule has 0 aromatic carbocycles. The van der Waals surface area contributed by atoms with Crippen molar-refractivity contribution in [3.63, 3.8) is 0 Å². The topological polar surface area (TPSA) is 42.4 Å². The minimum absolute atomic E-state index is 0.186. The molecule has 1 heterocycles. The number of rotatable bonds is 4. The van der Waals surface area contributed by atoms with E-state index in [0.717, 1.165) is 4.88 Å². The van der Waals surface area contributed by atoms with Gasteiger partial charge in [0.1, 0.15) is 0 Å². The number of thiazole rings is 1. The first-order valence-electron chi connectivity index (χ1n) is 4.67. The maximum Gasteiger partial charge on any atom is 0.0822 e. The van der Waals surface area contributed by atoms with Gasteiger partial charge in [0, 0.05) is 17.5 Å². The van der Waals surface area contributed by atoms with E-state index >= 15 is 0 Å². The van der Waals surface area contributed by atoms with Crippen LogP contribution in [-0.4, -0.2) is 28.4 Å². The quantitative estimate of drug-likeness (QED) is 0.833. The summed E-state index contributed by atoms with van der Waals surface area (Å²) in [4.78, 5) is 5.04. The maximum absolute atomic E-state index is 9.64. The number of ether oxygens (including phenoxy) is 1. The maximum atomic E-state index is 9.64. The molecule has 14 heavy (non-hydrogen) atoms. The molecule has 1 rings (SSSR count). The SMILES string of the molecule is CC(C)(C)OCC(O)Cc1cncs1. The van der Waals surface area contributed by atoms with Crippen LogP contribution in [0.1, 0.15) is 25.6 Å². The van der Waals surface area contributed by atoms with Gasteiger partial charge in [-0.1, -0.05) is 0 Å². The Morgan fingerprint density at radius 1 is 1.57 bits per heavy atom. The zero-order valence-electron chi connectivity index (χ0n) is 8.86. The minimum Gasteiger partial charge on any atom is -0.390 e. The predicted octanol–water partition coefficient (Wildman–Crippen LogP) is 1.86. The van der Waals surface area contributed by atoms with Crippen molar-refractivity contribution in [1.29, 1.82) is 0 Å². The first-order chi connectivity index (χ1) is 6.47. The van der Waals surface area contributed by atoms with E-state index in [0.29, 0.717) is 13.0 Å². The fourth-order valence-electron chi connectivity index (χ4n) is 0.980. The van der Waals surface area contributed by atoms with Crippen LogP contribution < -0.4 is 0 Å². The molecule has 0 saturated heterocycles. The summed E-state index contributed by atoms with van der Waals surface area (Å²) in [5, 5.41) is 9.64. The third kappa shape index (κ3) is 4.69. The highest BCUT2D eigenvalue weighted by atomic mass is 32.1. The summed E-state index contributed by atoms with van der Waals surface area (Å²) < 4.78 is 5.47. The summed E-state index contributed by atoms with van der Waals surface area (Å²) in [6.07, 6.45) is 1.97. The Labute approximate surface area is 88.8 Å². The van der Waals surface area contributed by atoms with Gasteiger partial charge >= 0.3 is 0 Å². The Morgan fingerprint density at radius 3 is 2.79 bits per heavy atom. The van der Waals surface area contributed by atoms with Crippen LogP contribution in [0.25, 0.3) is 0 Å². The molecule has 0 bridgehead atoms. The van der Waals surface area contributed by atoms with Crippen molar-refractivity contribution in [2.75, 3.05) is 6.61 Å². The molecule has 0 radical (unpaired) electrons. The second kappa shape index (κ2) is 4.87. The van der Waals surface area contributed by atoms with Gasteiger partial charge in [0.2, 0.25) is 0 Å². The zero-order valence-corrected chi connectivity index (χ0v) is 9.67. The van der Waals surface area contributed by atoms with Gasteiger partial charge in [-0.25, -0.2) is 0 Å². The first-order valence-corrected chi connectivity index (χ1v) is 5.55. The molecule has 0 amide bonds. The lowest BCUT2D eigenvalue weighted by Gasteiger charge is -2.21. The molecule has 0 spiro atoms. The first kappa shape index (κ1) is 11.6.